The summed E-state index contributed by atoms with van der Waals surface area (Å²) in [6, 6.07) is 11.9. The Balaban J connectivity index is 1.27. The van der Waals surface area contributed by atoms with Crippen molar-refractivity contribution in [3.05, 3.63) is 42.2 Å². The van der Waals surface area contributed by atoms with Crippen LogP contribution in [0.25, 0.3) is 11.2 Å². The topological polar surface area (TPSA) is 109 Å². The molecule has 3 aliphatic rings. The van der Waals surface area contributed by atoms with E-state index in [1.807, 2.05) is 27.1 Å². The van der Waals surface area contributed by atoms with Crippen molar-refractivity contribution in [2.45, 2.75) is 121 Å². The smallest absolute Gasteiger partial charge is 0.407 e. The molecule has 0 radical (unpaired) electrons. The fourth-order valence-corrected chi connectivity index (χ4v) is 6.93. The summed E-state index contributed by atoms with van der Waals surface area (Å²) in [5, 5.41) is 10.3. The van der Waals surface area contributed by atoms with Crippen molar-refractivity contribution in [3.63, 3.8) is 0 Å². The third-order valence-electron chi connectivity index (χ3n) is 9.12. The first-order valence-corrected chi connectivity index (χ1v) is 16.3. The van der Waals surface area contributed by atoms with E-state index in [4.69, 9.17) is 19.7 Å². The standard InChI is InChI=1S/C33H48N8O2/c1-33(2,3)43-32(42)37-25-15-13-24(14-16-25)36-31-38-29(28-30(39-31)41(22-35-28)26-11-7-8-12-26)40(27-17-19-34-20-18-27)21-23-9-5-4-6-10-23/h4-6,9-10,22,24-27,34H,7-8,11-21H2,1-3H3,(H,37,42)(H,36,38,39)/t24-,25-. The average molecular weight is 589 g/mol. The molecule has 1 saturated heterocycles. The highest BCUT2D eigenvalue weighted by molar-refractivity contribution is 5.85. The molecule has 10 heteroatoms. The van der Waals surface area contributed by atoms with Crippen molar-refractivity contribution >= 4 is 29.0 Å². The number of benzene rings is 1. The van der Waals surface area contributed by atoms with Gasteiger partial charge < -0.3 is 30.2 Å². The number of ether oxygens (including phenoxy) is 1. The first-order valence-electron chi connectivity index (χ1n) is 16.3. The highest BCUT2D eigenvalue weighted by Crippen LogP contribution is 2.36. The van der Waals surface area contributed by atoms with Gasteiger partial charge in [0.2, 0.25) is 5.95 Å². The third kappa shape index (κ3) is 7.40. The molecule has 3 fully saturated rings. The predicted molar refractivity (Wildman–Crippen MR) is 170 cm³/mol. The van der Waals surface area contributed by atoms with Gasteiger partial charge in [0.05, 0.1) is 6.33 Å². The number of hydrogen-bond donors (Lipinski definition) is 3. The van der Waals surface area contributed by atoms with Crippen molar-refractivity contribution < 1.29 is 9.53 Å². The summed E-state index contributed by atoms with van der Waals surface area (Å²) in [6.07, 6.45) is 12.3. The Labute approximate surface area is 255 Å². The van der Waals surface area contributed by atoms with Gasteiger partial charge in [-0.05, 0) is 90.8 Å². The Morgan fingerprint density at radius 3 is 2.37 bits per heavy atom. The number of imidazole rings is 1. The molecule has 2 saturated carbocycles. The van der Waals surface area contributed by atoms with Crippen molar-refractivity contribution in [1.29, 1.82) is 0 Å². The average Bonchev–Trinajstić information content (AvgIpc) is 3.67. The number of alkyl carbamates (subject to hydrolysis) is 1. The number of aromatic nitrogens is 4. The molecule has 1 amide bonds. The van der Waals surface area contributed by atoms with Gasteiger partial charge in [0, 0.05) is 30.7 Å². The van der Waals surface area contributed by atoms with Gasteiger partial charge in [-0.3, -0.25) is 0 Å². The summed E-state index contributed by atoms with van der Waals surface area (Å²) in [6.45, 7) is 8.48. The van der Waals surface area contributed by atoms with E-state index in [-0.39, 0.29) is 18.2 Å². The number of carbonyl (C=O) groups excluding carboxylic acids is 1. The Kier molecular flexibility index (Phi) is 9.02. The monoisotopic (exact) mass is 588 g/mol. The molecule has 43 heavy (non-hydrogen) atoms. The molecule has 3 N–H and O–H groups in total. The molecule has 0 unspecified atom stereocenters. The minimum atomic E-state index is -0.496. The zero-order valence-corrected chi connectivity index (χ0v) is 26.0. The molecule has 1 aliphatic heterocycles. The molecule has 232 valence electrons. The number of rotatable bonds is 8. The van der Waals surface area contributed by atoms with E-state index in [0.717, 1.165) is 75.1 Å². The highest BCUT2D eigenvalue weighted by Gasteiger charge is 2.30. The summed E-state index contributed by atoms with van der Waals surface area (Å²) >= 11 is 0. The maximum atomic E-state index is 12.3. The number of carbonyl (C=O) groups is 1. The number of nitrogens with zero attached hydrogens (tertiary/aromatic N) is 5. The SMILES string of the molecule is CC(C)(C)OC(=O)N[C@H]1CC[C@H](Nc2nc(N(Cc3ccccc3)C3CCNCC3)c3ncn(C4CCCC4)c3n2)CC1. The van der Waals surface area contributed by atoms with Crippen LogP contribution in [0.5, 0.6) is 0 Å². The molecular weight excluding hydrogens is 540 g/mol. The number of anilines is 2. The molecule has 2 aromatic heterocycles. The second-order valence-electron chi connectivity index (χ2n) is 13.6. The second kappa shape index (κ2) is 13.1. The lowest BCUT2D eigenvalue weighted by Crippen LogP contribution is -2.43. The van der Waals surface area contributed by atoms with E-state index in [2.05, 4.69) is 55.7 Å². The highest BCUT2D eigenvalue weighted by atomic mass is 16.6. The van der Waals surface area contributed by atoms with Crippen molar-refractivity contribution in [3.8, 4) is 0 Å². The minimum absolute atomic E-state index is 0.122. The first-order chi connectivity index (χ1) is 20.8. The minimum Gasteiger partial charge on any atom is -0.444 e. The third-order valence-corrected chi connectivity index (χ3v) is 9.12. The van der Waals surface area contributed by atoms with Gasteiger partial charge in [-0.25, -0.2) is 9.78 Å². The van der Waals surface area contributed by atoms with E-state index in [9.17, 15) is 4.79 Å². The fourth-order valence-electron chi connectivity index (χ4n) is 6.93. The molecule has 0 atom stereocenters. The van der Waals surface area contributed by atoms with Crippen LogP contribution in [0.15, 0.2) is 36.7 Å². The molecular formula is C33H48N8O2. The van der Waals surface area contributed by atoms with Crippen LogP contribution in [0.1, 0.15) is 96.6 Å². The Hall–Kier alpha value is -3.40. The normalized spacial score (nSPS) is 22.0. The Morgan fingerprint density at radius 2 is 1.67 bits per heavy atom. The van der Waals surface area contributed by atoms with Crippen LogP contribution in [0.3, 0.4) is 0 Å². The Morgan fingerprint density at radius 1 is 0.977 bits per heavy atom. The van der Waals surface area contributed by atoms with E-state index < -0.39 is 5.60 Å². The summed E-state index contributed by atoms with van der Waals surface area (Å²) in [7, 11) is 0. The molecule has 3 aromatic rings. The van der Waals surface area contributed by atoms with E-state index in [0.29, 0.717) is 18.0 Å². The second-order valence-corrected chi connectivity index (χ2v) is 13.6. The quantitative estimate of drug-likeness (QED) is 0.296. The number of amides is 1. The summed E-state index contributed by atoms with van der Waals surface area (Å²) in [5.41, 5.74) is 2.61. The molecule has 0 bridgehead atoms. The fraction of sp³-hybridized carbons (Fsp3) is 0.636. The molecule has 0 spiro atoms. The largest absolute Gasteiger partial charge is 0.444 e. The van der Waals surface area contributed by atoms with Crippen molar-refractivity contribution in [1.82, 2.24) is 30.2 Å². The van der Waals surface area contributed by atoms with Gasteiger partial charge in [0.25, 0.3) is 0 Å². The lowest BCUT2D eigenvalue weighted by Gasteiger charge is -2.36. The number of hydrogen-bond acceptors (Lipinski definition) is 8. The molecule has 2 aliphatic carbocycles. The maximum Gasteiger partial charge on any atom is 0.407 e. The number of nitrogens with one attached hydrogen (secondary N) is 3. The van der Waals surface area contributed by atoms with Gasteiger partial charge in [0.15, 0.2) is 17.0 Å². The van der Waals surface area contributed by atoms with Gasteiger partial charge in [-0.2, -0.15) is 9.97 Å². The van der Waals surface area contributed by atoms with Crippen LogP contribution in [0.4, 0.5) is 16.6 Å². The van der Waals surface area contributed by atoms with Gasteiger partial charge in [-0.15, -0.1) is 0 Å². The number of piperidine rings is 1. The van der Waals surface area contributed by atoms with Gasteiger partial charge >= 0.3 is 6.09 Å². The lowest BCUT2D eigenvalue weighted by atomic mass is 9.91. The van der Waals surface area contributed by atoms with E-state index >= 15 is 0 Å². The van der Waals surface area contributed by atoms with Crippen LogP contribution >= 0.6 is 0 Å². The molecule has 3 heterocycles. The molecule has 6 rings (SSSR count). The van der Waals surface area contributed by atoms with Crippen LogP contribution in [-0.4, -0.2) is 62.4 Å². The molecule has 1 aromatic carbocycles. The van der Waals surface area contributed by atoms with E-state index in [1.165, 1.54) is 31.2 Å². The predicted octanol–water partition coefficient (Wildman–Crippen LogP) is 5.95. The lowest BCUT2D eigenvalue weighted by molar-refractivity contribution is 0.0492. The Bertz CT molecular complexity index is 1350. The van der Waals surface area contributed by atoms with Crippen LogP contribution in [0.2, 0.25) is 0 Å². The van der Waals surface area contributed by atoms with Gasteiger partial charge in [-0.1, -0.05) is 43.2 Å². The summed E-state index contributed by atoms with van der Waals surface area (Å²) in [4.78, 5) is 30.1. The first kappa shape index (κ1) is 29.7. The van der Waals surface area contributed by atoms with Crippen molar-refractivity contribution in [2.75, 3.05) is 23.3 Å². The summed E-state index contributed by atoms with van der Waals surface area (Å²) < 4.78 is 7.78. The van der Waals surface area contributed by atoms with Crippen LogP contribution < -0.4 is 20.9 Å². The zero-order chi connectivity index (χ0) is 29.8. The number of fused-ring (bicyclic) bond motifs is 1. The van der Waals surface area contributed by atoms with Crippen molar-refractivity contribution in [2.24, 2.45) is 0 Å². The zero-order valence-electron chi connectivity index (χ0n) is 26.0. The van der Waals surface area contributed by atoms with Crippen LogP contribution in [0, 0.1) is 0 Å². The van der Waals surface area contributed by atoms with E-state index in [1.54, 1.807) is 0 Å². The van der Waals surface area contributed by atoms with Crippen LogP contribution in [-0.2, 0) is 11.3 Å². The molecule has 10 nitrogen and oxygen atoms in total. The summed E-state index contributed by atoms with van der Waals surface area (Å²) in [5.74, 6) is 1.61. The van der Waals surface area contributed by atoms with Gasteiger partial charge in [0.1, 0.15) is 5.60 Å². The maximum absolute atomic E-state index is 12.3.